The first-order valence-electron chi connectivity index (χ1n) is 10.0. The van der Waals surface area contributed by atoms with E-state index in [0.717, 1.165) is 60.3 Å². The SMILES string of the molecule is COc1ccc(CN2CCc3nc(C)[nH]c3C2)cc1-c1ccc2c(c1)OCCO2. The highest BCUT2D eigenvalue weighted by Crippen LogP contribution is 2.38. The monoisotopic (exact) mass is 391 g/mol. The molecule has 29 heavy (non-hydrogen) atoms. The maximum Gasteiger partial charge on any atom is 0.161 e. The molecule has 6 nitrogen and oxygen atoms in total. The van der Waals surface area contributed by atoms with E-state index in [2.05, 4.69) is 39.1 Å². The van der Waals surface area contributed by atoms with Crippen molar-refractivity contribution < 1.29 is 14.2 Å². The molecule has 5 rings (SSSR count). The van der Waals surface area contributed by atoms with Gasteiger partial charge in [0.15, 0.2) is 11.5 Å². The van der Waals surface area contributed by atoms with Crippen molar-refractivity contribution in [2.75, 3.05) is 26.9 Å². The third-order valence-corrected chi connectivity index (χ3v) is 5.55. The van der Waals surface area contributed by atoms with Crippen LogP contribution in [0.5, 0.6) is 17.2 Å². The van der Waals surface area contributed by atoms with Crippen LogP contribution >= 0.6 is 0 Å². The number of aryl methyl sites for hydroxylation is 1. The van der Waals surface area contributed by atoms with E-state index in [0.29, 0.717) is 13.2 Å². The number of benzene rings is 2. The molecule has 1 N–H and O–H groups in total. The molecule has 3 heterocycles. The van der Waals surface area contributed by atoms with E-state index in [4.69, 9.17) is 14.2 Å². The van der Waals surface area contributed by atoms with Crippen molar-refractivity contribution in [2.24, 2.45) is 0 Å². The largest absolute Gasteiger partial charge is 0.496 e. The van der Waals surface area contributed by atoms with Gasteiger partial charge >= 0.3 is 0 Å². The fourth-order valence-electron chi connectivity index (χ4n) is 4.18. The van der Waals surface area contributed by atoms with Crippen LogP contribution in [0.2, 0.25) is 0 Å². The van der Waals surface area contributed by atoms with E-state index in [1.54, 1.807) is 7.11 Å². The summed E-state index contributed by atoms with van der Waals surface area (Å²) in [4.78, 5) is 10.4. The first kappa shape index (κ1) is 18.1. The highest BCUT2D eigenvalue weighted by Gasteiger charge is 2.20. The summed E-state index contributed by atoms with van der Waals surface area (Å²) >= 11 is 0. The van der Waals surface area contributed by atoms with Crippen molar-refractivity contribution in [1.29, 1.82) is 0 Å². The highest BCUT2D eigenvalue weighted by atomic mass is 16.6. The van der Waals surface area contributed by atoms with Crippen LogP contribution in [0.4, 0.5) is 0 Å². The maximum atomic E-state index is 5.76. The summed E-state index contributed by atoms with van der Waals surface area (Å²) in [7, 11) is 1.71. The molecule has 6 heteroatoms. The van der Waals surface area contributed by atoms with Gasteiger partial charge in [-0.2, -0.15) is 0 Å². The zero-order chi connectivity index (χ0) is 19.8. The second kappa shape index (κ2) is 7.44. The summed E-state index contributed by atoms with van der Waals surface area (Å²) < 4.78 is 17.1. The van der Waals surface area contributed by atoms with Gasteiger partial charge in [0, 0.05) is 31.6 Å². The number of nitrogens with one attached hydrogen (secondary N) is 1. The number of methoxy groups -OCH3 is 1. The van der Waals surface area contributed by atoms with Crippen molar-refractivity contribution >= 4 is 0 Å². The van der Waals surface area contributed by atoms with E-state index in [-0.39, 0.29) is 0 Å². The number of fused-ring (bicyclic) bond motifs is 2. The Morgan fingerprint density at radius 2 is 1.97 bits per heavy atom. The number of hydrogen-bond acceptors (Lipinski definition) is 5. The predicted molar refractivity (Wildman–Crippen MR) is 111 cm³/mol. The smallest absolute Gasteiger partial charge is 0.161 e. The Labute approximate surface area is 170 Å². The Morgan fingerprint density at radius 1 is 1.10 bits per heavy atom. The minimum absolute atomic E-state index is 0.581. The molecule has 0 fully saturated rings. The molecule has 0 radical (unpaired) electrons. The lowest BCUT2D eigenvalue weighted by Gasteiger charge is -2.26. The third-order valence-electron chi connectivity index (χ3n) is 5.55. The molecule has 0 unspecified atom stereocenters. The summed E-state index contributed by atoms with van der Waals surface area (Å²) in [6.07, 6.45) is 0.991. The van der Waals surface area contributed by atoms with E-state index in [1.807, 2.05) is 19.1 Å². The minimum atomic E-state index is 0.581. The molecule has 0 amide bonds. The summed E-state index contributed by atoms with van der Waals surface area (Å²) in [5.41, 5.74) is 5.85. The lowest BCUT2D eigenvalue weighted by Crippen LogP contribution is -2.30. The molecule has 2 aliphatic rings. The van der Waals surface area contributed by atoms with Crippen molar-refractivity contribution in [3.05, 3.63) is 59.2 Å². The molecule has 0 saturated carbocycles. The lowest BCUT2D eigenvalue weighted by atomic mass is 10.0. The fraction of sp³-hybridized carbons (Fsp3) is 0.348. The molecule has 3 aromatic rings. The molecule has 2 aliphatic heterocycles. The normalized spacial score (nSPS) is 15.8. The second-order valence-electron chi connectivity index (χ2n) is 7.60. The van der Waals surface area contributed by atoms with Crippen molar-refractivity contribution in [1.82, 2.24) is 14.9 Å². The maximum absolute atomic E-state index is 5.76. The van der Waals surface area contributed by atoms with E-state index in [1.165, 1.54) is 17.0 Å². The standard InChI is InChI=1S/C23H25N3O3/c1-15-24-19-7-8-26(14-20(19)25-15)13-16-3-5-21(27-2)18(11-16)17-4-6-22-23(12-17)29-10-9-28-22/h3-6,11-12H,7-10,13-14H2,1-2H3,(H,24,25). The third kappa shape index (κ3) is 3.56. The molecule has 0 bridgehead atoms. The second-order valence-corrected chi connectivity index (χ2v) is 7.60. The molecule has 0 aliphatic carbocycles. The average molecular weight is 391 g/mol. The first-order chi connectivity index (χ1) is 14.2. The molecule has 2 aromatic carbocycles. The molecule has 0 spiro atoms. The van der Waals surface area contributed by atoms with Crippen molar-refractivity contribution in [3.63, 3.8) is 0 Å². The van der Waals surface area contributed by atoms with Gasteiger partial charge in [-0.05, 0) is 42.3 Å². The summed E-state index contributed by atoms with van der Waals surface area (Å²) in [5.74, 6) is 3.45. The van der Waals surface area contributed by atoms with Crippen LogP contribution in [0.3, 0.4) is 0 Å². The summed E-state index contributed by atoms with van der Waals surface area (Å²) in [5, 5.41) is 0. The van der Waals surface area contributed by atoms with Crippen LogP contribution in [-0.2, 0) is 19.5 Å². The van der Waals surface area contributed by atoms with Gasteiger partial charge < -0.3 is 19.2 Å². The number of rotatable bonds is 4. The number of aromatic nitrogens is 2. The molecule has 1 aromatic heterocycles. The van der Waals surface area contributed by atoms with Crippen LogP contribution in [-0.4, -0.2) is 41.7 Å². The van der Waals surface area contributed by atoms with Gasteiger partial charge in [-0.25, -0.2) is 4.98 Å². The van der Waals surface area contributed by atoms with Crippen molar-refractivity contribution in [3.8, 4) is 28.4 Å². The predicted octanol–water partition coefficient (Wildman–Crippen LogP) is 3.72. The minimum Gasteiger partial charge on any atom is -0.496 e. The molecule has 0 atom stereocenters. The Bertz CT molecular complexity index is 1040. The summed E-state index contributed by atoms with van der Waals surface area (Å²) in [6.45, 7) is 6.01. The Balaban J connectivity index is 1.41. The number of imidazole rings is 1. The van der Waals surface area contributed by atoms with Gasteiger partial charge in [0.1, 0.15) is 24.8 Å². The Morgan fingerprint density at radius 3 is 2.83 bits per heavy atom. The molecule has 0 saturated heterocycles. The van der Waals surface area contributed by atoms with E-state index in [9.17, 15) is 0 Å². The fourth-order valence-corrected chi connectivity index (χ4v) is 4.18. The molecular formula is C23H25N3O3. The Hall–Kier alpha value is -2.99. The van der Waals surface area contributed by atoms with Crippen LogP contribution in [0.25, 0.3) is 11.1 Å². The van der Waals surface area contributed by atoms with Crippen LogP contribution in [0.1, 0.15) is 22.8 Å². The number of H-pyrrole nitrogens is 1. The quantitative estimate of drug-likeness (QED) is 0.735. The topological polar surface area (TPSA) is 59.6 Å². The van der Waals surface area contributed by atoms with Crippen LogP contribution < -0.4 is 14.2 Å². The zero-order valence-electron chi connectivity index (χ0n) is 16.8. The van der Waals surface area contributed by atoms with Crippen LogP contribution in [0, 0.1) is 6.92 Å². The van der Waals surface area contributed by atoms with E-state index >= 15 is 0 Å². The van der Waals surface area contributed by atoms with Gasteiger partial charge in [0.2, 0.25) is 0 Å². The highest BCUT2D eigenvalue weighted by molar-refractivity contribution is 5.73. The summed E-state index contributed by atoms with van der Waals surface area (Å²) in [6, 6.07) is 12.5. The zero-order valence-corrected chi connectivity index (χ0v) is 16.8. The van der Waals surface area contributed by atoms with Gasteiger partial charge in [-0.3, -0.25) is 4.90 Å². The lowest BCUT2D eigenvalue weighted by molar-refractivity contribution is 0.171. The van der Waals surface area contributed by atoms with Gasteiger partial charge in [0.05, 0.1) is 18.5 Å². The van der Waals surface area contributed by atoms with Gasteiger partial charge in [0.25, 0.3) is 0 Å². The number of ether oxygens (including phenoxy) is 3. The van der Waals surface area contributed by atoms with E-state index < -0.39 is 0 Å². The number of nitrogens with zero attached hydrogens (tertiary/aromatic N) is 2. The first-order valence-corrected chi connectivity index (χ1v) is 10.0. The van der Waals surface area contributed by atoms with Crippen molar-refractivity contribution in [2.45, 2.75) is 26.4 Å². The van der Waals surface area contributed by atoms with Crippen LogP contribution in [0.15, 0.2) is 36.4 Å². The number of aromatic amines is 1. The molecular weight excluding hydrogens is 366 g/mol. The average Bonchev–Trinajstić information content (AvgIpc) is 3.12. The molecule has 150 valence electrons. The van der Waals surface area contributed by atoms with Gasteiger partial charge in [-0.15, -0.1) is 0 Å². The Kier molecular flexibility index (Phi) is 4.64. The van der Waals surface area contributed by atoms with Gasteiger partial charge in [-0.1, -0.05) is 12.1 Å². The number of hydrogen-bond donors (Lipinski definition) is 1.